The molecule has 0 saturated heterocycles. The molecule has 2 heterocycles. The molecule has 128 valence electrons. The van der Waals surface area contributed by atoms with E-state index in [2.05, 4.69) is 16.0 Å². The van der Waals surface area contributed by atoms with Crippen LogP contribution in [0.5, 0.6) is 0 Å². The number of aromatic amines is 1. The van der Waals surface area contributed by atoms with Gasteiger partial charge >= 0.3 is 7.60 Å². The van der Waals surface area contributed by atoms with Gasteiger partial charge in [-0.05, 0) is 24.7 Å². The zero-order chi connectivity index (χ0) is 18.2. The van der Waals surface area contributed by atoms with E-state index < -0.39 is 7.60 Å². The smallest absolute Gasteiger partial charge is 0.332 e. The van der Waals surface area contributed by atoms with Crippen LogP contribution in [0.4, 0.5) is 0 Å². The average molecular weight is 374 g/mol. The first kappa shape index (κ1) is 17.5. The van der Waals surface area contributed by atoms with Gasteiger partial charge in [-0.25, -0.2) is 4.98 Å². The Morgan fingerprint density at radius 1 is 1.32 bits per heavy atom. The van der Waals surface area contributed by atoms with Crippen molar-refractivity contribution < 1.29 is 13.6 Å². The molecule has 3 rings (SSSR count). The van der Waals surface area contributed by atoms with Gasteiger partial charge in [0.1, 0.15) is 22.7 Å². The van der Waals surface area contributed by atoms with Crippen LogP contribution in [0.1, 0.15) is 11.1 Å². The molecule has 0 aliphatic heterocycles. The number of hydrogen-bond acceptors (Lipinski definition) is 6. The normalized spacial score (nSPS) is 11.6. The van der Waals surface area contributed by atoms with Crippen LogP contribution >= 0.6 is 19.8 Å². The van der Waals surface area contributed by atoms with Crippen molar-refractivity contribution in [3.63, 3.8) is 0 Å². The standard InChI is InChI=1S/C16H15N4O3PS/c1-10-6-4-5-7-11(10)14-12(8-17)15-18-13(24(21,22-2)23-3)9-20(15)16(25)19-14/h4-7,9,18H,1-3H3. The number of nitriles is 1. The number of H-pyrrole nitrogens is 1. The lowest BCUT2D eigenvalue weighted by Gasteiger charge is -2.10. The number of hydrogen-bond donors (Lipinski definition) is 1. The van der Waals surface area contributed by atoms with E-state index in [9.17, 15) is 9.83 Å². The topological polar surface area (TPSA) is 92.4 Å². The number of rotatable bonds is 4. The van der Waals surface area contributed by atoms with E-state index in [4.69, 9.17) is 21.3 Å². The van der Waals surface area contributed by atoms with Gasteiger partial charge in [0, 0.05) is 26.0 Å². The van der Waals surface area contributed by atoms with E-state index in [1.807, 2.05) is 31.2 Å². The molecular weight excluding hydrogens is 359 g/mol. The molecule has 25 heavy (non-hydrogen) atoms. The Hall–Kier alpha value is -2.30. The summed E-state index contributed by atoms with van der Waals surface area (Å²) < 4.78 is 24.3. The average Bonchev–Trinajstić information content (AvgIpc) is 3.08. The minimum absolute atomic E-state index is 0.198. The van der Waals surface area contributed by atoms with Crippen molar-refractivity contribution in [3.05, 3.63) is 46.4 Å². The third-order valence-electron chi connectivity index (χ3n) is 3.91. The van der Waals surface area contributed by atoms with E-state index in [-0.39, 0.29) is 10.2 Å². The molecule has 0 radical (unpaired) electrons. The Labute approximate surface area is 149 Å². The molecule has 9 heteroatoms. The first-order chi connectivity index (χ1) is 11.9. The summed E-state index contributed by atoms with van der Waals surface area (Å²) >= 11 is 5.35. The van der Waals surface area contributed by atoms with E-state index >= 15 is 0 Å². The van der Waals surface area contributed by atoms with E-state index in [1.165, 1.54) is 24.8 Å². The largest absolute Gasteiger partial charge is 0.378 e. The molecule has 0 fully saturated rings. The summed E-state index contributed by atoms with van der Waals surface area (Å²) in [7, 11) is -0.935. The van der Waals surface area contributed by atoms with Crippen molar-refractivity contribution in [1.29, 1.82) is 5.26 Å². The van der Waals surface area contributed by atoms with Crippen molar-refractivity contribution in [2.45, 2.75) is 6.92 Å². The Kier molecular flexibility index (Phi) is 4.58. The fourth-order valence-corrected chi connectivity index (χ4v) is 3.88. The quantitative estimate of drug-likeness (QED) is 0.556. The lowest BCUT2D eigenvalue weighted by atomic mass is 10.0. The molecule has 0 saturated carbocycles. The summed E-state index contributed by atoms with van der Waals surface area (Å²) in [5.74, 6) is 0. The molecule has 1 aromatic carbocycles. The van der Waals surface area contributed by atoms with Gasteiger partial charge in [-0.1, -0.05) is 24.3 Å². The van der Waals surface area contributed by atoms with E-state index in [0.29, 0.717) is 16.9 Å². The molecule has 7 nitrogen and oxygen atoms in total. The molecule has 0 unspecified atom stereocenters. The molecule has 1 N–H and O–H groups in total. The SMILES string of the molecule is COP(=O)(OC)c1cn2c(=S)nc(-c3ccccc3C)c(C#N)c2[nH]1. The van der Waals surface area contributed by atoms with Crippen molar-refractivity contribution in [2.24, 2.45) is 0 Å². The number of aromatic nitrogens is 3. The summed E-state index contributed by atoms with van der Waals surface area (Å²) in [5, 5.41) is 9.70. The summed E-state index contributed by atoms with van der Waals surface area (Å²) in [6.07, 6.45) is 1.49. The van der Waals surface area contributed by atoms with Gasteiger partial charge in [0.2, 0.25) is 4.77 Å². The molecule has 0 spiro atoms. The molecule has 0 bridgehead atoms. The van der Waals surface area contributed by atoms with Crippen LogP contribution in [0.15, 0.2) is 30.5 Å². The second-order valence-electron chi connectivity index (χ2n) is 5.27. The Bertz CT molecular complexity index is 1100. The van der Waals surface area contributed by atoms with Crippen molar-refractivity contribution in [2.75, 3.05) is 14.2 Å². The van der Waals surface area contributed by atoms with Crippen LogP contribution in [-0.2, 0) is 13.6 Å². The van der Waals surface area contributed by atoms with Crippen molar-refractivity contribution in [1.82, 2.24) is 14.4 Å². The van der Waals surface area contributed by atoms with Gasteiger partial charge in [0.25, 0.3) is 0 Å². The lowest BCUT2D eigenvalue weighted by Crippen LogP contribution is -2.08. The third-order valence-corrected chi connectivity index (χ3v) is 5.98. The number of imidazole rings is 1. The number of aryl methyl sites for hydroxylation is 1. The molecular formula is C16H15N4O3PS. The van der Waals surface area contributed by atoms with Crippen LogP contribution in [-0.4, -0.2) is 28.6 Å². The Morgan fingerprint density at radius 2 is 2.00 bits per heavy atom. The zero-order valence-electron chi connectivity index (χ0n) is 13.8. The van der Waals surface area contributed by atoms with Gasteiger partial charge in [-0.2, -0.15) is 5.26 Å². The molecule has 0 aliphatic rings. The lowest BCUT2D eigenvalue weighted by molar-refractivity contribution is 0.286. The first-order valence-corrected chi connectivity index (χ1v) is 9.24. The van der Waals surface area contributed by atoms with Gasteiger partial charge in [0.15, 0.2) is 0 Å². The second kappa shape index (κ2) is 6.54. The number of fused-ring (bicyclic) bond motifs is 1. The molecule has 0 amide bonds. The minimum Gasteiger partial charge on any atom is -0.332 e. The molecule has 0 atom stereocenters. The summed E-state index contributed by atoms with van der Waals surface area (Å²) in [6, 6.07) is 9.75. The maximum absolute atomic E-state index is 12.6. The summed E-state index contributed by atoms with van der Waals surface area (Å²) in [4.78, 5) is 7.36. The molecule has 2 aromatic heterocycles. The fraction of sp³-hybridized carbons (Fsp3) is 0.188. The zero-order valence-corrected chi connectivity index (χ0v) is 15.5. The maximum Gasteiger partial charge on any atom is 0.378 e. The van der Waals surface area contributed by atoms with Crippen molar-refractivity contribution >= 4 is 30.9 Å². The minimum atomic E-state index is -3.51. The van der Waals surface area contributed by atoms with Crippen LogP contribution in [0.2, 0.25) is 0 Å². The van der Waals surface area contributed by atoms with Crippen LogP contribution in [0.25, 0.3) is 16.9 Å². The summed E-state index contributed by atoms with van der Waals surface area (Å²) in [5.41, 5.74) is 3.15. The second-order valence-corrected chi connectivity index (χ2v) is 7.84. The van der Waals surface area contributed by atoms with Gasteiger partial charge in [-0.3, -0.25) is 8.97 Å². The Balaban J connectivity index is 2.38. The van der Waals surface area contributed by atoms with Gasteiger partial charge < -0.3 is 14.0 Å². The van der Waals surface area contributed by atoms with Crippen molar-refractivity contribution in [3.8, 4) is 17.3 Å². The highest BCUT2D eigenvalue weighted by Gasteiger charge is 2.28. The monoisotopic (exact) mass is 374 g/mol. The van der Waals surface area contributed by atoms with Gasteiger partial charge in [0.05, 0.1) is 5.69 Å². The highest BCUT2D eigenvalue weighted by atomic mass is 32.1. The van der Waals surface area contributed by atoms with Crippen LogP contribution in [0, 0.1) is 23.0 Å². The van der Waals surface area contributed by atoms with E-state index in [1.54, 1.807) is 0 Å². The molecule has 3 aromatic rings. The van der Waals surface area contributed by atoms with E-state index in [0.717, 1.165) is 11.1 Å². The predicted molar refractivity (Wildman–Crippen MR) is 96.5 cm³/mol. The number of nitrogens with one attached hydrogen (secondary N) is 1. The predicted octanol–water partition coefficient (Wildman–Crippen LogP) is 3.35. The van der Waals surface area contributed by atoms with Gasteiger partial charge in [-0.15, -0.1) is 0 Å². The Morgan fingerprint density at radius 3 is 2.60 bits per heavy atom. The number of nitrogens with zero attached hydrogens (tertiary/aromatic N) is 3. The van der Waals surface area contributed by atoms with Crippen LogP contribution < -0.4 is 5.44 Å². The third kappa shape index (κ3) is 2.81. The van der Waals surface area contributed by atoms with Crippen LogP contribution in [0.3, 0.4) is 0 Å². The maximum atomic E-state index is 12.6. The molecule has 0 aliphatic carbocycles. The first-order valence-electron chi connectivity index (χ1n) is 7.28. The highest BCUT2D eigenvalue weighted by molar-refractivity contribution is 7.71. The fourth-order valence-electron chi connectivity index (χ4n) is 2.60. The number of benzene rings is 1. The highest BCUT2D eigenvalue weighted by Crippen LogP contribution is 2.44. The summed E-state index contributed by atoms with van der Waals surface area (Å²) in [6.45, 7) is 1.93.